The van der Waals surface area contributed by atoms with Gasteiger partial charge in [-0.1, -0.05) is 43.3 Å². The standard InChI is InChI=1S/C56H89FN6O14/c1-15-45-56(10,69)50(65)36(6)61(12)29-32(2)26-54(8,68)46(25-44(35(5)52(67)76-45)75-47-27-55(9,72-14)51(66)37(7)74-47)77-53-48(64)42(24-34(4)73-53)60(11)23-22-41-31-62(59-58-41)43(28-57)49(71-13)39-20-18-38(19-21-39)40-17-16-33(3)63(70)30-40/h16-21,30-32,34-37,42-51,53,64-66,68-69H,15,22-29H2,1-14H3/t32-,34-,35-,36-,37+,42+,43-,44+,45-,46-,47+,48-,49-,50-,51+,53+,54-,55-,56-/m1/s1. The third kappa shape index (κ3) is 14.6. The van der Waals surface area contributed by atoms with Crippen molar-refractivity contribution >= 4 is 5.97 Å². The number of nitrogens with zero attached hydrogens (tertiary/aromatic N) is 6. The molecule has 3 saturated heterocycles. The summed E-state index contributed by atoms with van der Waals surface area (Å²) in [5.74, 6) is -2.02. The molecule has 0 saturated carbocycles. The number of pyridine rings is 1. The lowest BCUT2D eigenvalue weighted by molar-refractivity contribution is -0.611. The maximum Gasteiger partial charge on any atom is 0.311 e. The predicted molar refractivity (Wildman–Crippen MR) is 283 cm³/mol. The maximum atomic E-state index is 15.0. The van der Waals surface area contributed by atoms with Crippen molar-refractivity contribution in [3.8, 4) is 11.1 Å². The van der Waals surface area contributed by atoms with E-state index in [1.165, 1.54) is 32.0 Å². The van der Waals surface area contributed by atoms with Crippen molar-refractivity contribution in [2.45, 2.75) is 210 Å². The Balaban J connectivity index is 1.23. The number of ether oxygens (including phenoxy) is 7. The van der Waals surface area contributed by atoms with Crippen LogP contribution in [0.4, 0.5) is 4.39 Å². The lowest BCUT2D eigenvalue weighted by Gasteiger charge is -2.47. The summed E-state index contributed by atoms with van der Waals surface area (Å²) >= 11 is 0. The van der Waals surface area contributed by atoms with Gasteiger partial charge in [0.15, 0.2) is 24.5 Å². The molecular formula is C56H89FN6O14. The molecule has 19 atom stereocenters. The summed E-state index contributed by atoms with van der Waals surface area (Å²) in [6, 6.07) is 9.11. The summed E-state index contributed by atoms with van der Waals surface area (Å²) in [5, 5.41) is 80.5. The van der Waals surface area contributed by atoms with Gasteiger partial charge in [0.1, 0.15) is 48.8 Å². The number of alkyl halides is 1. The molecule has 434 valence electrons. The quantitative estimate of drug-likeness (QED) is 0.0760. The van der Waals surface area contributed by atoms with Crippen molar-refractivity contribution in [2.75, 3.05) is 48.1 Å². The molecule has 0 aliphatic carbocycles. The van der Waals surface area contributed by atoms with E-state index < -0.39 is 121 Å². The summed E-state index contributed by atoms with van der Waals surface area (Å²) in [4.78, 5) is 18.3. The predicted octanol–water partition coefficient (Wildman–Crippen LogP) is 4.37. The first-order valence-electron chi connectivity index (χ1n) is 27.2. The number of aromatic nitrogens is 4. The SMILES string of the molecule is CC[C@H]1OC(=O)[C@H](C)[C@@H](O[C@H]2C[C@@](C)(OC)[C@@H](O)[C@H](C)O2)C[C@@H](O[C@@H]2O[C@H](C)C[C@H](N(C)CCc3cn([C@H](CF)[C@H](OC)c4ccc(-c5ccc(C)[n+]([O-])c5)cc4)nn3)[C@H]2O)[C@](C)(O)C[C@@H](C)CN(C)[C@H](C)[C@@H](O)[C@]1(C)O. The number of rotatable bonds is 16. The second kappa shape index (κ2) is 26.2. The van der Waals surface area contributed by atoms with Crippen LogP contribution < -0.4 is 4.73 Å². The van der Waals surface area contributed by atoms with Crippen molar-refractivity contribution in [3.05, 3.63) is 71.0 Å². The van der Waals surface area contributed by atoms with E-state index in [0.29, 0.717) is 37.3 Å². The minimum absolute atomic E-state index is 0.0842. The van der Waals surface area contributed by atoms with Crippen molar-refractivity contribution in [3.63, 3.8) is 0 Å². The summed E-state index contributed by atoms with van der Waals surface area (Å²) in [6.07, 6.45) is -6.65. The Morgan fingerprint density at radius 1 is 0.961 bits per heavy atom. The van der Waals surface area contributed by atoms with Crippen LogP contribution in [-0.2, 0) is 44.4 Å². The average Bonchev–Trinajstić information content (AvgIpc) is 3.87. The van der Waals surface area contributed by atoms with Crippen molar-refractivity contribution in [1.82, 2.24) is 24.8 Å². The van der Waals surface area contributed by atoms with E-state index in [9.17, 15) is 39.9 Å². The average molecular weight is 1090 g/mol. The largest absolute Gasteiger partial charge is 0.618 e. The monoisotopic (exact) mass is 1090 g/mol. The normalized spacial score (nSPS) is 37.2. The fourth-order valence-electron chi connectivity index (χ4n) is 11.5. The van der Waals surface area contributed by atoms with Gasteiger partial charge in [-0.05, 0) is 105 Å². The topological polar surface area (TPSA) is 247 Å². The summed E-state index contributed by atoms with van der Waals surface area (Å²) < 4.78 is 61.0. The number of methoxy groups -OCH3 is 2. The number of cyclic esters (lactones) is 1. The van der Waals surface area contributed by atoms with Gasteiger partial charge in [0.2, 0.25) is 0 Å². The number of esters is 1. The molecule has 3 aliphatic heterocycles. The molecule has 5 N–H and O–H groups in total. The van der Waals surface area contributed by atoms with Crippen molar-refractivity contribution < 1.29 is 72.6 Å². The van der Waals surface area contributed by atoms with Crippen LogP contribution in [-0.4, -0.2) is 195 Å². The third-order valence-electron chi connectivity index (χ3n) is 16.8. The molecule has 1 aromatic carbocycles. The van der Waals surface area contributed by atoms with E-state index in [1.807, 2.05) is 68.1 Å². The van der Waals surface area contributed by atoms with Gasteiger partial charge in [-0.25, -0.2) is 9.07 Å². The highest BCUT2D eigenvalue weighted by molar-refractivity contribution is 5.73. The van der Waals surface area contributed by atoms with E-state index in [1.54, 1.807) is 60.7 Å². The van der Waals surface area contributed by atoms with Crippen LogP contribution in [0.25, 0.3) is 11.1 Å². The number of aliphatic hydroxyl groups is 5. The molecule has 0 unspecified atom stereocenters. The van der Waals surface area contributed by atoms with Gasteiger partial charge in [-0.3, -0.25) is 4.79 Å². The molecule has 0 amide bonds. The Bertz CT molecular complexity index is 2350. The van der Waals surface area contributed by atoms with Crippen LogP contribution >= 0.6 is 0 Å². The second-order valence-electron chi connectivity index (χ2n) is 23.0. The fourth-order valence-corrected chi connectivity index (χ4v) is 11.5. The Hall–Kier alpha value is -3.81. The van der Waals surface area contributed by atoms with Gasteiger partial charge in [0.05, 0.1) is 47.2 Å². The van der Waals surface area contributed by atoms with Crippen LogP contribution in [0, 0.1) is 24.0 Å². The Kier molecular flexibility index (Phi) is 21.2. The van der Waals surface area contributed by atoms with Crippen LogP contribution in [0.1, 0.15) is 124 Å². The first-order chi connectivity index (χ1) is 36.2. The molecule has 0 spiro atoms. The minimum Gasteiger partial charge on any atom is -0.618 e. The molecule has 5 heterocycles. The number of benzene rings is 1. The van der Waals surface area contributed by atoms with Gasteiger partial charge >= 0.3 is 5.97 Å². The summed E-state index contributed by atoms with van der Waals surface area (Å²) in [5.41, 5.74) is -1.11. The van der Waals surface area contributed by atoms with Gasteiger partial charge in [-0.2, -0.15) is 4.73 Å². The van der Waals surface area contributed by atoms with Gasteiger partial charge < -0.3 is 73.7 Å². The van der Waals surface area contributed by atoms with Crippen LogP contribution in [0.5, 0.6) is 0 Å². The van der Waals surface area contributed by atoms with Crippen molar-refractivity contribution in [2.24, 2.45) is 11.8 Å². The number of carbonyl (C=O) groups is 1. The number of carbonyl (C=O) groups excluding carboxylic acids is 1. The summed E-state index contributed by atoms with van der Waals surface area (Å²) in [7, 11) is 6.70. The first kappa shape index (κ1) is 62.4. The minimum atomic E-state index is -1.85. The van der Waals surface area contributed by atoms with Crippen molar-refractivity contribution in [1.29, 1.82) is 0 Å². The van der Waals surface area contributed by atoms with Gasteiger partial charge in [-0.15, -0.1) is 5.10 Å². The molecule has 21 heteroatoms. The highest BCUT2D eigenvalue weighted by atomic mass is 19.1. The van der Waals surface area contributed by atoms with Gasteiger partial charge in [0, 0.05) is 83.4 Å². The number of hydrogen-bond donors (Lipinski definition) is 5. The van der Waals surface area contributed by atoms with E-state index in [0.717, 1.165) is 21.4 Å². The molecule has 20 nitrogen and oxygen atoms in total. The zero-order valence-corrected chi connectivity index (χ0v) is 47.7. The van der Waals surface area contributed by atoms with E-state index in [4.69, 9.17) is 33.2 Å². The molecule has 6 rings (SSSR count). The fraction of sp³-hybridized carbons (Fsp3) is 0.750. The molecule has 77 heavy (non-hydrogen) atoms. The Morgan fingerprint density at radius 2 is 1.64 bits per heavy atom. The lowest BCUT2D eigenvalue weighted by atomic mass is 9.83. The van der Waals surface area contributed by atoms with Crippen LogP contribution in [0.2, 0.25) is 0 Å². The van der Waals surface area contributed by atoms with Crippen LogP contribution in [0.15, 0.2) is 48.8 Å². The number of aliphatic hydroxyl groups excluding tert-OH is 3. The van der Waals surface area contributed by atoms with Gasteiger partial charge in [0.25, 0.3) is 0 Å². The number of hydrogen-bond acceptors (Lipinski definition) is 18. The number of halogens is 1. The summed E-state index contributed by atoms with van der Waals surface area (Å²) in [6.45, 7) is 17.3. The molecule has 3 fully saturated rings. The maximum absolute atomic E-state index is 15.0. The highest BCUT2D eigenvalue weighted by Gasteiger charge is 2.51. The lowest BCUT2D eigenvalue weighted by Crippen LogP contribution is -2.59. The molecule has 2 aromatic heterocycles. The molecular weight excluding hydrogens is 1000 g/mol. The van der Waals surface area contributed by atoms with E-state index in [-0.39, 0.29) is 31.6 Å². The van der Waals surface area contributed by atoms with Crippen LogP contribution in [0.3, 0.4) is 0 Å². The Labute approximate surface area is 454 Å². The zero-order valence-electron chi connectivity index (χ0n) is 47.7. The molecule has 0 radical (unpaired) electrons. The molecule has 3 aromatic rings. The smallest absolute Gasteiger partial charge is 0.311 e. The number of likely N-dealkylation sites (N-methyl/N-ethyl adjacent to an activating group) is 2. The highest BCUT2D eigenvalue weighted by Crippen LogP contribution is 2.39. The Morgan fingerprint density at radius 3 is 2.26 bits per heavy atom. The number of aryl methyl sites for hydroxylation is 1. The van der Waals surface area contributed by atoms with E-state index >= 15 is 0 Å². The first-order valence-corrected chi connectivity index (χ1v) is 27.2. The second-order valence-corrected chi connectivity index (χ2v) is 23.0. The van der Waals surface area contributed by atoms with E-state index in [2.05, 4.69) is 10.3 Å². The molecule has 0 bridgehead atoms. The zero-order chi connectivity index (χ0) is 56.9. The third-order valence-corrected chi connectivity index (χ3v) is 16.8. The molecule has 3 aliphatic rings.